The van der Waals surface area contributed by atoms with E-state index in [4.69, 9.17) is 4.74 Å². The number of benzene rings is 2. The number of nitrogens with one attached hydrogen (secondary N) is 1. The normalized spacial score (nSPS) is 18.6. The maximum atomic E-state index is 13.9. The molecule has 0 saturated carbocycles. The van der Waals surface area contributed by atoms with Gasteiger partial charge in [-0.3, -0.25) is 4.90 Å². The van der Waals surface area contributed by atoms with Crippen molar-refractivity contribution < 1.29 is 18.7 Å². The fourth-order valence-corrected chi connectivity index (χ4v) is 3.30. The summed E-state index contributed by atoms with van der Waals surface area (Å²) in [5.41, 5.74) is 1.31. The van der Waals surface area contributed by atoms with E-state index in [9.17, 15) is 14.0 Å². The van der Waals surface area contributed by atoms with Gasteiger partial charge in [0.25, 0.3) is 0 Å². The summed E-state index contributed by atoms with van der Waals surface area (Å²) in [6.45, 7) is 0.166. The number of amides is 4. The number of allylic oxidation sites excluding steroid dienone is 3. The Hall–Kier alpha value is -4.07. The van der Waals surface area contributed by atoms with E-state index < -0.39 is 23.8 Å². The second kappa shape index (κ2) is 8.74. The zero-order chi connectivity index (χ0) is 21.8. The molecule has 2 aromatic rings. The van der Waals surface area contributed by atoms with Gasteiger partial charge in [0, 0.05) is 0 Å². The van der Waals surface area contributed by atoms with Crippen molar-refractivity contribution in [2.45, 2.75) is 6.54 Å². The van der Waals surface area contributed by atoms with Crippen molar-refractivity contribution in [3.8, 4) is 5.75 Å². The van der Waals surface area contributed by atoms with Gasteiger partial charge in [0.15, 0.2) is 0 Å². The number of methoxy groups -OCH3 is 1. The standard InChI is InChI=1S/C23H19FN4O3/c1-31-16-12-10-15(11-13-16)14-28-21(17-6-2-4-8-19(17)26-23(28)30)27-22(29)25-20-9-5-3-7-18(20)24/h2-13,17H,14H2,1H3,(H,25,29)/b27-21-. The first-order valence-corrected chi connectivity index (χ1v) is 9.57. The highest BCUT2D eigenvalue weighted by Crippen LogP contribution is 2.24. The van der Waals surface area contributed by atoms with Crippen LogP contribution in [0.2, 0.25) is 0 Å². The molecule has 1 aliphatic carbocycles. The molecule has 2 aromatic carbocycles. The van der Waals surface area contributed by atoms with Crippen LogP contribution in [0.1, 0.15) is 5.56 Å². The minimum Gasteiger partial charge on any atom is -0.497 e. The average Bonchev–Trinajstić information content (AvgIpc) is 2.78. The molecule has 0 aromatic heterocycles. The first kappa shape index (κ1) is 20.2. The van der Waals surface area contributed by atoms with Crippen LogP contribution in [-0.2, 0) is 6.54 Å². The van der Waals surface area contributed by atoms with Crippen LogP contribution >= 0.6 is 0 Å². The second-order valence-corrected chi connectivity index (χ2v) is 6.86. The van der Waals surface area contributed by atoms with Crippen molar-refractivity contribution in [3.63, 3.8) is 0 Å². The lowest BCUT2D eigenvalue weighted by Gasteiger charge is -2.31. The quantitative estimate of drug-likeness (QED) is 0.789. The van der Waals surface area contributed by atoms with Gasteiger partial charge >= 0.3 is 12.1 Å². The summed E-state index contributed by atoms with van der Waals surface area (Å²) in [5, 5.41) is 2.43. The number of carbonyl (C=O) groups excluding carboxylic acids is 2. The number of nitrogens with zero attached hydrogens (tertiary/aromatic N) is 3. The number of aliphatic imine (C=N–C) groups is 2. The molecule has 0 spiro atoms. The molecule has 1 unspecified atom stereocenters. The van der Waals surface area contributed by atoms with E-state index in [1.807, 2.05) is 18.2 Å². The minimum atomic E-state index is -0.781. The Morgan fingerprint density at radius 3 is 2.71 bits per heavy atom. The average molecular weight is 418 g/mol. The number of halogens is 1. The lowest BCUT2D eigenvalue weighted by atomic mass is 9.94. The second-order valence-electron chi connectivity index (χ2n) is 6.86. The number of carbonyl (C=O) groups is 2. The van der Waals surface area contributed by atoms with Gasteiger partial charge in [-0.25, -0.2) is 14.0 Å². The zero-order valence-electron chi connectivity index (χ0n) is 16.7. The molecule has 0 bridgehead atoms. The van der Waals surface area contributed by atoms with Crippen LogP contribution < -0.4 is 10.1 Å². The summed E-state index contributed by atoms with van der Waals surface area (Å²) in [6.07, 6.45) is 7.08. The van der Waals surface area contributed by atoms with Gasteiger partial charge in [0.05, 0.1) is 31.0 Å². The molecular formula is C23H19FN4O3. The molecule has 1 aliphatic heterocycles. The number of amidine groups is 1. The Kier molecular flexibility index (Phi) is 5.70. The largest absolute Gasteiger partial charge is 0.497 e. The van der Waals surface area contributed by atoms with Crippen LogP contribution in [0.4, 0.5) is 19.7 Å². The molecule has 0 saturated heterocycles. The maximum Gasteiger partial charge on any atom is 0.349 e. The lowest BCUT2D eigenvalue weighted by molar-refractivity contribution is 0.226. The van der Waals surface area contributed by atoms with Gasteiger partial charge in [-0.1, -0.05) is 42.5 Å². The van der Waals surface area contributed by atoms with E-state index in [1.165, 1.54) is 23.1 Å². The Bertz CT molecular complexity index is 1140. The van der Waals surface area contributed by atoms with Gasteiger partial charge in [0.1, 0.15) is 17.4 Å². The smallest absolute Gasteiger partial charge is 0.349 e. The molecule has 2 aliphatic rings. The van der Waals surface area contributed by atoms with Gasteiger partial charge in [0.2, 0.25) is 0 Å². The van der Waals surface area contributed by atoms with Crippen molar-refractivity contribution in [3.05, 3.63) is 84.2 Å². The third kappa shape index (κ3) is 4.42. The Balaban J connectivity index is 1.66. The number of urea groups is 2. The Morgan fingerprint density at radius 1 is 1.19 bits per heavy atom. The number of hydrogen-bond donors (Lipinski definition) is 1. The maximum absolute atomic E-state index is 13.9. The van der Waals surface area contributed by atoms with E-state index in [1.54, 1.807) is 43.5 Å². The first-order valence-electron chi connectivity index (χ1n) is 9.57. The summed E-state index contributed by atoms with van der Waals surface area (Å²) in [5.74, 6) is -0.131. The molecule has 0 radical (unpaired) electrons. The van der Waals surface area contributed by atoms with Crippen molar-refractivity contribution in [2.75, 3.05) is 12.4 Å². The number of anilines is 1. The summed E-state index contributed by atoms with van der Waals surface area (Å²) in [4.78, 5) is 35.0. The summed E-state index contributed by atoms with van der Waals surface area (Å²) < 4.78 is 19.1. The Labute approximate surface area is 178 Å². The number of rotatable bonds is 4. The molecule has 8 heteroatoms. The van der Waals surface area contributed by atoms with Crippen LogP contribution in [0.3, 0.4) is 0 Å². The summed E-state index contributed by atoms with van der Waals surface area (Å²) in [7, 11) is 1.57. The molecule has 1 atom stereocenters. The molecule has 7 nitrogen and oxygen atoms in total. The SMILES string of the molecule is COc1ccc(CN2C(=O)N=C3C=CC=CC3/C2=N/C(=O)Nc2ccccc2F)cc1. The van der Waals surface area contributed by atoms with E-state index in [0.717, 1.165) is 5.56 Å². The first-order chi connectivity index (χ1) is 15.0. The monoisotopic (exact) mass is 418 g/mol. The van der Waals surface area contributed by atoms with Crippen molar-refractivity contribution in [2.24, 2.45) is 15.9 Å². The van der Waals surface area contributed by atoms with E-state index in [2.05, 4.69) is 15.3 Å². The third-order valence-corrected chi connectivity index (χ3v) is 4.84. The minimum absolute atomic E-state index is 0.00802. The van der Waals surface area contributed by atoms with Crippen LogP contribution in [0.15, 0.2) is 82.8 Å². The number of hydrogen-bond acceptors (Lipinski definition) is 3. The molecule has 0 fully saturated rings. The predicted molar refractivity (Wildman–Crippen MR) is 116 cm³/mol. The highest BCUT2D eigenvalue weighted by molar-refractivity contribution is 6.24. The van der Waals surface area contributed by atoms with E-state index in [-0.39, 0.29) is 18.1 Å². The Morgan fingerprint density at radius 2 is 1.97 bits per heavy atom. The van der Waals surface area contributed by atoms with Crippen LogP contribution in [0.25, 0.3) is 0 Å². The molecule has 4 amide bonds. The predicted octanol–water partition coefficient (Wildman–Crippen LogP) is 4.58. The van der Waals surface area contributed by atoms with E-state index >= 15 is 0 Å². The van der Waals surface area contributed by atoms with Crippen molar-refractivity contribution >= 4 is 29.3 Å². The molecule has 31 heavy (non-hydrogen) atoms. The summed E-state index contributed by atoms with van der Waals surface area (Å²) >= 11 is 0. The lowest BCUT2D eigenvalue weighted by Crippen LogP contribution is -2.46. The molecule has 1 N–H and O–H groups in total. The van der Waals surface area contributed by atoms with Gasteiger partial charge in [-0.05, 0) is 35.9 Å². The molecule has 4 rings (SSSR count). The number of ether oxygens (including phenoxy) is 1. The van der Waals surface area contributed by atoms with Crippen LogP contribution in [-0.4, -0.2) is 35.6 Å². The van der Waals surface area contributed by atoms with Gasteiger partial charge < -0.3 is 10.1 Å². The highest BCUT2D eigenvalue weighted by Gasteiger charge is 2.34. The van der Waals surface area contributed by atoms with E-state index in [0.29, 0.717) is 11.5 Å². The fourth-order valence-electron chi connectivity index (χ4n) is 3.30. The number of fused-ring (bicyclic) bond motifs is 1. The van der Waals surface area contributed by atoms with Crippen LogP contribution in [0.5, 0.6) is 5.75 Å². The molecule has 1 heterocycles. The van der Waals surface area contributed by atoms with Crippen LogP contribution in [0, 0.1) is 11.7 Å². The molecule has 156 valence electrons. The van der Waals surface area contributed by atoms with Crippen molar-refractivity contribution in [1.82, 2.24) is 4.90 Å². The van der Waals surface area contributed by atoms with Gasteiger partial charge in [-0.15, -0.1) is 0 Å². The molecular weight excluding hydrogens is 399 g/mol. The topological polar surface area (TPSA) is 83.4 Å². The highest BCUT2D eigenvalue weighted by atomic mass is 19.1. The summed E-state index contributed by atoms with van der Waals surface area (Å²) in [6, 6.07) is 11.7. The number of para-hydroxylation sites is 1. The van der Waals surface area contributed by atoms with Crippen molar-refractivity contribution in [1.29, 1.82) is 0 Å². The third-order valence-electron chi connectivity index (χ3n) is 4.84. The fraction of sp³-hybridized carbons (Fsp3) is 0.130. The van der Waals surface area contributed by atoms with Gasteiger partial charge in [-0.2, -0.15) is 9.98 Å². The zero-order valence-corrected chi connectivity index (χ0v) is 16.7.